The van der Waals surface area contributed by atoms with E-state index in [4.69, 9.17) is 4.52 Å². The second kappa shape index (κ2) is 7.04. The summed E-state index contributed by atoms with van der Waals surface area (Å²) in [4.78, 5) is 31.9. The number of nitrogens with one attached hydrogen (secondary N) is 1. The van der Waals surface area contributed by atoms with E-state index in [2.05, 4.69) is 25.5 Å². The smallest absolute Gasteiger partial charge is 0.267 e. The summed E-state index contributed by atoms with van der Waals surface area (Å²) in [5.74, 6) is 0.226. The molecule has 0 spiro atoms. The highest BCUT2D eigenvalue weighted by Gasteiger charge is 2.14. The molecule has 0 atom stereocenters. The molecule has 3 heterocycles. The van der Waals surface area contributed by atoms with E-state index in [0.717, 1.165) is 10.2 Å². The third kappa shape index (κ3) is 3.77. The van der Waals surface area contributed by atoms with Gasteiger partial charge in [-0.3, -0.25) is 14.6 Å². The number of aryl methyl sites for hydroxylation is 1. The normalized spacial score (nSPS) is 10.6. The number of likely N-dealkylation sites (N-methyl/N-ethyl adjacent to an activating group) is 1. The van der Waals surface area contributed by atoms with E-state index < -0.39 is 0 Å². The van der Waals surface area contributed by atoms with Gasteiger partial charge in [0.05, 0.1) is 5.56 Å². The second-order valence-corrected chi connectivity index (χ2v) is 5.34. The minimum absolute atomic E-state index is 0.174. The van der Waals surface area contributed by atoms with Gasteiger partial charge in [0.25, 0.3) is 11.4 Å². The lowest BCUT2D eigenvalue weighted by Gasteiger charge is -2.05. The van der Waals surface area contributed by atoms with Crippen molar-refractivity contribution in [2.45, 2.75) is 20.4 Å². The first-order valence-corrected chi connectivity index (χ1v) is 7.68. The average molecular weight is 340 g/mol. The minimum Gasteiger partial charge on any atom is -0.355 e. The van der Waals surface area contributed by atoms with Crippen LogP contribution >= 0.6 is 0 Å². The van der Waals surface area contributed by atoms with Gasteiger partial charge >= 0.3 is 0 Å². The van der Waals surface area contributed by atoms with Crippen LogP contribution in [0.1, 0.15) is 12.5 Å². The van der Waals surface area contributed by atoms with E-state index in [1.807, 2.05) is 13.0 Å². The van der Waals surface area contributed by atoms with Gasteiger partial charge in [0.15, 0.2) is 0 Å². The lowest BCUT2D eigenvalue weighted by atomic mass is 10.2. The number of hydrogen-bond acceptors (Lipinski definition) is 7. The van der Waals surface area contributed by atoms with Crippen molar-refractivity contribution in [3.8, 4) is 23.0 Å². The fourth-order valence-electron chi connectivity index (χ4n) is 2.19. The molecule has 128 valence electrons. The molecule has 0 fully saturated rings. The summed E-state index contributed by atoms with van der Waals surface area (Å²) in [7, 11) is 0. The van der Waals surface area contributed by atoms with Crippen molar-refractivity contribution in [1.29, 1.82) is 0 Å². The van der Waals surface area contributed by atoms with Crippen molar-refractivity contribution >= 4 is 5.91 Å². The number of hydrogen-bond donors (Lipinski definition) is 1. The summed E-state index contributed by atoms with van der Waals surface area (Å²) in [5, 5.41) is 10.6. The molecule has 3 rings (SSSR count). The van der Waals surface area contributed by atoms with Gasteiger partial charge in [0.1, 0.15) is 12.2 Å². The highest BCUT2D eigenvalue weighted by Crippen LogP contribution is 2.20. The molecule has 0 saturated carbocycles. The van der Waals surface area contributed by atoms with Gasteiger partial charge in [-0.1, -0.05) is 5.16 Å². The minimum atomic E-state index is -0.387. The average Bonchev–Trinajstić information content (AvgIpc) is 3.07. The van der Waals surface area contributed by atoms with Crippen LogP contribution in [0, 0.1) is 6.92 Å². The molecule has 3 aromatic rings. The summed E-state index contributed by atoms with van der Waals surface area (Å²) in [6.07, 6.45) is 3.34. The van der Waals surface area contributed by atoms with Crippen LogP contribution in [0.15, 0.2) is 39.9 Å². The summed E-state index contributed by atoms with van der Waals surface area (Å²) in [5.41, 5.74) is 1.60. The molecule has 25 heavy (non-hydrogen) atoms. The van der Waals surface area contributed by atoms with Crippen LogP contribution in [0.25, 0.3) is 23.0 Å². The number of rotatable bonds is 5. The van der Waals surface area contributed by atoms with E-state index in [-0.39, 0.29) is 23.8 Å². The van der Waals surface area contributed by atoms with Crippen LogP contribution < -0.4 is 10.9 Å². The van der Waals surface area contributed by atoms with Gasteiger partial charge in [0, 0.05) is 25.0 Å². The monoisotopic (exact) mass is 340 g/mol. The zero-order valence-corrected chi connectivity index (χ0v) is 13.8. The van der Waals surface area contributed by atoms with Gasteiger partial charge in [0.2, 0.25) is 11.7 Å². The predicted octanol–water partition coefficient (Wildman–Crippen LogP) is 0.800. The van der Waals surface area contributed by atoms with E-state index >= 15 is 0 Å². The Morgan fingerprint density at radius 2 is 2.16 bits per heavy atom. The van der Waals surface area contributed by atoms with Gasteiger partial charge in [-0.05, 0) is 31.5 Å². The first-order valence-electron chi connectivity index (χ1n) is 7.68. The van der Waals surface area contributed by atoms with Crippen LogP contribution in [0.3, 0.4) is 0 Å². The number of carbonyl (C=O) groups excluding carboxylic acids is 1. The Kier molecular flexibility index (Phi) is 4.64. The van der Waals surface area contributed by atoms with Gasteiger partial charge in [-0.2, -0.15) is 10.1 Å². The molecule has 0 radical (unpaired) electrons. The molecule has 0 aliphatic rings. The maximum atomic E-state index is 11.9. The third-order valence-corrected chi connectivity index (χ3v) is 3.31. The molecule has 0 aromatic carbocycles. The van der Waals surface area contributed by atoms with Crippen LogP contribution in [0.2, 0.25) is 0 Å². The molecule has 0 bridgehead atoms. The first-order chi connectivity index (χ1) is 12.1. The van der Waals surface area contributed by atoms with Crippen LogP contribution in [-0.2, 0) is 11.3 Å². The Labute approximate surface area is 142 Å². The molecule has 9 nitrogen and oxygen atoms in total. The fraction of sp³-hybridized carbons (Fsp3) is 0.250. The number of amides is 1. The number of carbonyl (C=O) groups is 1. The molecular weight excluding hydrogens is 324 g/mol. The molecule has 3 aromatic heterocycles. The SMILES string of the molecule is CCNC(=O)Cn1nc(-c2noc(-c3cncc(C)c3)n2)ccc1=O. The summed E-state index contributed by atoms with van der Waals surface area (Å²) >= 11 is 0. The largest absolute Gasteiger partial charge is 0.355 e. The van der Waals surface area contributed by atoms with E-state index in [1.165, 1.54) is 12.1 Å². The maximum Gasteiger partial charge on any atom is 0.267 e. The summed E-state index contributed by atoms with van der Waals surface area (Å²) < 4.78 is 6.30. The molecule has 0 aliphatic carbocycles. The Morgan fingerprint density at radius 3 is 2.92 bits per heavy atom. The van der Waals surface area contributed by atoms with Crippen molar-refractivity contribution in [2.24, 2.45) is 0 Å². The molecule has 0 unspecified atom stereocenters. The van der Waals surface area contributed by atoms with Crippen molar-refractivity contribution < 1.29 is 9.32 Å². The topological polar surface area (TPSA) is 116 Å². The zero-order valence-electron chi connectivity index (χ0n) is 13.8. The Hall–Kier alpha value is -3.36. The van der Waals surface area contributed by atoms with Crippen molar-refractivity contribution in [3.05, 3.63) is 46.5 Å². The van der Waals surface area contributed by atoms with Crippen LogP contribution in [0.5, 0.6) is 0 Å². The van der Waals surface area contributed by atoms with Gasteiger partial charge < -0.3 is 9.84 Å². The summed E-state index contributed by atoms with van der Waals surface area (Å²) in [6, 6.07) is 4.67. The second-order valence-electron chi connectivity index (χ2n) is 5.34. The lowest BCUT2D eigenvalue weighted by molar-refractivity contribution is -0.121. The highest BCUT2D eigenvalue weighted by molar-refractivity contribution is 5.75. The first kappa shape index (κ1) is 16.5. The Bertz CT molecular complexity index is 962. The predicted molar refractivity (Wildman–Crippen MR) is 88.4 cm³/mol. The molecule has 0 saturated heterocycles. The van der Waals surface area contributed by atoms with Crippen molar-refractivity contribution in [3.63, 3.8) is 0 Å². The lowest BCUT2D eigenvalue weighted by Crippen LogP contribution is -2.33. The van der Waals surface area contributed by atoms with E-state index in [1.54, 1.807) is 19.3 Å². The summed E-state index contributed by atoms with van der Waals surface area (Å²) in [6.45, 7) is 4.01. The highest BCUT2D eigenvalue weighted by atomic mass is 16.5. The molecule has 0 aliphatic heterocycles. The number of nitrogens with zero attached hydrogens (tertiary/aromatic N) is 5. The van der Waals surface area contributed by atoms with E-state index in [0.29, 0.717) is 23.7 Å². The fourth-order valence-corrected chi connectivity index (χ4v) is 2.19. The quantitative estimate of drug-likeness (QED) is 0.730. The van der Waals surface area contributed by atoms with Crippen molar-refractivity contribution in [2.75, 3.05) is 6.54 Å². The standard InChI is InChI=1S/C16H16N6O3/c1-3-18-13(23)9-22-14(24)5-4-12(20-22)15-19-16(25-21-15)11-6-10(2)7-17-8-11/h4-8H,3,9H2,1-2H3,(H,18,23). The maximum absolute atomic E-state index is 11.9. The third-order valence-electron chi connectivity index (χ3n) is 3.31. The van der Waals surface area contributed by atoms with Gasteiger partial charge in [-0.25, -0.2) is 4.68 Å². The number of aromatic nitrogens is 5. The molecule has 1 N–H and O–H groups in total. The molecule has 1 amide bonds. The van der Waals surface area contributed by atoms with Crippen LogP contribution in [-0.4, -0.2) is 37.4 Å². The number of pyridine rings is 1. The van der Waals surface area contributed by atoms with Crippen LogP contribution in [0.4, 0.5) is 0 Å². The Morgan fingerprint density at radius 1 is 1.32 bits per heavy atom. The molecule has 9 heteroatoms. The van der Waals surface area contributed by atoms with Gasteiger partial charge in [-0.15, -0.1) is 0 Å². The van der Waals surface area contributed by atoms with Crippen molar-refractivity contribution in [1.82, 2.24) is 30.2 Å². The Balaban J connectivity index is 1.90. The zero-order chi connectivity index (χ0) is 17.8. The van der Waals surface area contributed by atoms with E-state index in [9.17, 15) is 9.59 Å². The molecular formula is C16H16N6O3.